The minimum absolute atomic E-state index is 0.0244. The lowest BCUT2D eigenvalue weighted by Gasteiger charge is -2.09. The van der Waals surface area contributed by atoms with E-state index in [0.717, 1.165) is 0 Å². The molecule has 0 atom stereocenters. The highest BCUT2D eigenvalue weighted by molar-refractivity contribution is 9.10. The standard InChI is InChI=1S/C11H12BrNO5/c1-7-5-8(12)6-9(13(16)17)11(7)18-4-2-3-10(14)15/h5-6H,2-4H2,1H3,(H,14,15). The SMILES string of the molecule is Cc1cc(Br)cc([N+](=O)[O-])c1OCCCC(=O)O. The van der Waals surface area contributed by atoms with Gasteiger partial charge in [0.25, 0.3) is 0 Å². The van der Waals surface area contributed by atoms with Crippen molar-refractivity contribution in [1.82, 2.24) is 0 Å². The summed E-state index contributed by atoms with van der Waals surface area (Å²) in [6.45, 7) is 1.83. The molecule has 7 heteroatoms. The lowest BCUT2D eigenvalue weighted by molar-refractivity contribution is -0.386. The summed E-state index contributed by atoms with van der Waals surface area (Å²) in [5, 5.41) is 19.4. The number of carboxylic acid groups (broad SMARTS) is 1. The molecule has 1 aromatic carbocycles. The summed E-state index contributed by atoms with van der Waals surface area (Å²) in [5.74, 6) is -0.728. The van der Waals surface area contributed by atoms with Gasteiger partial charge in [-0.1, -0.05) is 15.9 Å². The molecule has 0 aliphatic rings. The molecular formula is C11H12BrNO5. The summed E-state index contributed by atoms with van der Waals surface area (Å²) >= 11 is 3.18. The highest BCUT2D eigenvalue weighted by Gasteiger charge is 2.18. The number of ether oxygens (including phenoxy) is 1. The molecule has 0 spiro atoms. The number of aliphatic carboxylic acids is 1. The second kappa shape index (κ2) is 6.34. The Hall–Kier alpha value is -1.63. The van der Waals surface area contributed by atoms with E-state index in [1.165, 1.54) is 6.07 Å². The molecule has 0 fully saturated rings. The molecule has 18 heavy (non-hydrogen) atoms. The average molecular weight is 318 g/mol. The summed E-state index contributed by atoms with van der Waals surface area (Å²) in [5.41, 5.74) is 0.503. The Morgan fingerprint density at radius 1 is 1.56 bits per heavy atom. The molecule has 0 bridgehead atoms. The van der Waals surface area contributed by atoms with Crippen LogP contribution < -0.4 is 4.74 Å². The summed E-state index contributed by atoms with van der Waals surface area (Å²) in [6, 6.07) is 3.07. The number of halogens is 1. The molecule has 0 aromatic heterocycles. The first-order chi connectivity index (χ1) is 8.41. The highest BCUT2D eigenvalue weighted by atomic mass is 79.9. The Labute approximate surface area is 112 Å². The van der Waals surface area contributed by atoms with Crippen molar-refractivity contribution in [2.24, 2.45) is 0 Å². The number of benzene rings is 1. The quantitative estimate of drug-likeness (QED) is 0.495. The fraction of sp³-hybridized carbons (Fsp3) is 0.364. The minimum Gasteiger partial charge on any atom is -0.487 e. The Morgan fingerprint density at radius 3 is 2.78 bits per heavy atom. The van der Waals surface area contributed by atoms with Crippen LogP contribution in [0.5, 0.6) is 5.75 Å². The molecule has 0 radical (unpaired) electrons. The third-order valence-electron chi connectivity index (χ3n) is 2.20. The second-order valence-corrected chi connectivity index (χ2v) is 4.59. The van der Waals surface area contributed by atoms with Crippen molar-refractivity contribution in [2.75, 3.05) is 6.61 Å². The maximum Gasteiger partial charge on any atom is 0.312 e. The predicted molar refractivity (Wildman–Crippen MR) is 67.9 cm³/mol. The molecule has 98 valence electrons. The van der Waals surface area contributed by atoms with E-state index >= 15 is 0 Å². The maximum atomic E-state index is 10.9. The third kappa shape index (κ3) is 3.99. The van der Waals surface area contributed by atoms with E-state index in [4.69, 9.17) is 9.84 Å². The lowest BCUT2D eigenvalue weighted by atomic mass is 10.2. The van der Waals surface area contributed by atoms with Crippen LogP contribution in [-0.2, 0) is 4.79 Å². The van der Waals surface area contributed by atoms with Crippen molar-refractivity contribution >= 4 is 27.6 Å². The highest BCUT2D eigenvalue weighted by Crippen LogP contribution is 2.34. The number of nitrogens with zero attached hydrogens (tertiary/aromatic N) is 1. The van der Waals surface area contributed by atoms with Crippen LogP contribution in [0.25, 0.3) is 0 Å². The van der Waals surface area contributed by atoms with Gasteiger partial charge in [0.1, 0.15) is 0 Å². The fourth-order valence-electron chi connectivity index (χ4n) is 1.43. The van der Waals surface area contributed by atoms with E-state index in [9.17, 15) is 14.9 Å². The minimum atomic E-state index is -0.916. The zero-order valence-corrected chi connectivity index (χ0v) is 11.3. The number of carbonyl (C=O) groups is 1. The van der Waals surface area contributed by atoms with Crippen molar-refractivity contribution in [1.29, 1.82) is 0 Å². The first-order valence-electron chi connectivity index (χ1n) is 5.21. The van der Waals surface area contributed by atoms with Crippen molar-refractivity contribution in [3.8, 4) is 5.75 Å². The normalized spacial score (nSPS) is 10.1. The fourth-order valence-corrected chi connectivity index (χ4v) is 1.99. The van der Waals surface area contributed by atoms with Gasteiger partial charge in [0.2, 0.25) is 0 Å². The number of aryl methyl sites for hydroxylation is 1. The first kappa shape index (κ1) is 14.4. The molecule has 1 N–H and O–H groups in total. The Morgan fingerprint density at radius 2 is 2.22 bits per heavy atom. The smallest absolute Gasteiger partial charge is 0.312 e. The molecule has 1 aromatic rings. The van der Waals surface area contributed by atoms with Crippen LogP contribution >= 0.6 is 15.9 Å². The van der Waals surface area contributed by atoms with Crippen molar-refractivity contribution in [2.45, 2.75) is 19.8 Å². The molecule has 1 rings (SSSR count). The Kier molecular flexibility index (Phi) is 5.08. The average Bonchev–Trinajstić information content (AvgIpc) is 2.25. The van der Waals surface area contributed by atoms with Crippen LogP contribution in [0.1, 0.15) is 18.4 Å². The molecule has 0 aliphatic carbocycles. The molecule has 6 nitrogen and oxygen atoms in total. The topological polar surface area (TPSA) is 89.7 Å². The van der Waals surface area contributed by atoms with Gasteiger partial charge in [-0.05, 0) is 25.0 Å². The maximum absolute atomic E-state index is 10.9. The van der Waals surface area contributed by atoms with Crippen LogP contribution in [0, 0.1) is 17.0 Å². The summed E-state index contributed by atoms with van der Waals surface area (Å²) in [4.78, 5) is 20.7. The molecule has 0 unspecified atom stereocenters. The van der Waals surface area contributed by atoms with Gasteiger partial charge in [-0.2, -0.15) is 0 Å². The number of carboxylic acids is 1. The molecule has 0 heterocycles. The predicted octanol–water partition coefficient (Wildman–Crippen LogP) is 2.91. The van der Waals surface area contributed by atoms with Gasteiger partial charge in [-0.25, -0.2) is 0 Å². The van der Waals surface area contributed by atoms with E-state index < -0.39 is 10.9 Å². The van der Waals surface area contributed by atoms with E-state index in [-0.39, 0.29) is 24.5 Å². The van der Waals surface area contributed by atoms with E-state index in [1.54, 1.807) is 13.0 Å². The van der Waals surface area contributed by atoms with Gasteiger partial charge < -0.3 is 9.84 Å². The molecule has 0 saturated carbocycles. The van der Waals surface area contributed by atoms with Crippen molar-refractivity contribution in [3.05, 3.63) is 32.3 Å². The number of hydrogen-bond acceptors (Lipinski definition) is 4. The lowest BCUT2D eigenvalue weighted by Crippen LogP contribution is -2.05. The van der Waals surface area contributed by atoms with E-state index in [0.29, 0.717) is 16.5 Å². The van der Waals surface area contributed by atoms with Crippen LogP contribution in [0.4, 0.5) is 5.69 Å². The van der Waals surface area contributed by atoms with Gasteiger partial charge >= 0.3 is 11.7 Å². The van der Waals surface area contributed by atoms with Gasteiger partial charge in [0.15, 0.2) is 5.75 Å². The van der Waals surface area contributed by atoms with E-state index in [1.807, 2.05) is 0 Å². The van der Waals surface area contributed by atoms with E-state index in [2.05, 4.69) is 15.9 Å². The Bertz CT molecular complexity index is 475. The number of hydrogen-bond donors (Lipinski definition) is 1. The molecule has 0 aliphatic heterocycles. The van der Waals surface area contributed by atoms with Crippen molar-refractivity contribution < 1.29 is 19.6 Å². The number of nitro groups is 1. The van der Waals surface area contributed by atoms with Gasteiger partial charge in [-0.15, -0.1) is 0 Å². The second-order valence-electron chi connectivity index (χ2n) is 3.67. The van der Waals surface area contributed by atoms with Crippen LogP contribution in [-0.4, -0.2) is 22.6 Å². The van der Waals surface area contributed by atoms with Gasteiger partial charge in [-0.3, -0.25) is 14.9 Å². The largest absolute Gasteiger partial charge is 0.487 e. The van der Waals surface area contributed by atoms with Gasteiger partial charge in [0.05, 0.1) is 11.5 Å². The zero-order chi connectivity index (χ0) is 13.7. The molecule has 0 saturated heterocycles. The van der Waals surface area contributed by atoms with Crippen LogP contribution in [0.2, 0.25) is 0 Å². The monoisotopic (exact) mass is 317 g/mol. The Balaban J connectivity index is 2.80. The van der Waals surface area contributed by atoms with Gasteiger partial charge in [0, 0.05) is 17.0 Å². The summed E-state index contributed by atoms with van der Waals surface area (Å²) in [6.07, 6.45) is 0.283. The third-order valence-corrected chi connectivity index (χ3v) is 2.66. The van der Waals surface area contributed by atoms with Crippen LogP contribution in [0.15, 0.2) is 16.6 Å². The zero-order valence-electron chi connectivity index (χ0n) is 9.68. The van der Waals surface area contributed by atoms with Crippen LogP contribution in [0.3, 0.4) is 0 Å². The number of nitro benzene ring substituents is 1. The summed E-state index contributed by atoms with van der Waals surface area (Å²) in [7, 11) is 0. The van der Waals surface area contributed by atoms with Crippen molar-refractivity contribution in [3.63, 3.8) is 0 Å². The molecular weight excluding hydrogens is 306 g/mol. The summed E-state index contributed by atoms with van der Waals surface area (Å²) < 4.78 is 5.91. The molecule has 0 amide bonds. The first-order valence-corrected chi connectivity index (χ1v) is 6.00. The number of rotatable bonds is 6.